The van der Waals surface area contributed by atoms with Crippen LogP contribution in [0.2, 0.25) is 0 Å². The number of rotatable bonds is 6. The van der Waals surface area contributed by atoms with Crippen LogP contribution in [0.4, 0.5) is 0 Å². The Morgan fingerprint density at radius 2 is 1.91 bits per heavy atom. The minimum Gasteiger partial charge on any atom is -0.478 e. The number of aryl methyl sites for hydroxylation is 1. The number of hydrogen-bond donors (Lipinski definition) is 1. The molecule has 0 aromatic carbocycles. The summed E-state index contributed by atoms with van der Waals surface area (Å²) < 4.78 is 5.59. The molecule has 1 amide bonds. The number of hydrogen-bond acceptors (Lipinski definition) is 3. The number of carboxylic acid groups (broad SMARTS) is 1. The van der Waals surface area contributed by atoms with Gasteiger partial charge in [0, 0.05) is 25.1 Å². The van der Waals surface area contributed by atoms with Gasteiger partial charge in [-0.3, -0.25) is 4.79 Å². The standard InChI is InChI=1S/C18H25NO4/c1-2-15-14(18(21)22)10-16(23-15)17(20)19(11-12-8-9-12)13-6-4-3-5-7-13/h10,12-13H,2-9,11H2,1H3,(H,21,22). The second-order valence-electron chi connectivity index (χ2n) is 6.80. The lowest BCUT2D eigenvalue weighted by Gasteiger charge is -2.34. The molecule has 5 heteroatoms. The average Bonchev–Trinajstić information content (AvgIpc) is 3.27. The van der Waals surface area contributed by atoms with Crippen molar-refractivity contribution in [3.05, 3.63) is 23.2 Å². The quantitative estimate of drug-likeness (QED) is 0.867. The summed E-state index contributed by atoms with van der Waals surface area (Å²) in [5.41, 5.74) is 0.117. The summed E-state index contributed by atoms with van der Waals surface area (Å²) in [5, 5.41) is 9.25. The van der Waals surface area contributed by atoms with E-state index in [4.69, 9.17) is 4.42 Å². The maximum Gasteiger partial charge on any atom is 0.339 e. The Hall–Kier alpha value is -1.78. The van der Waals surface area contributed by atoms with E-state index in [1.54, 1.807) is 0 Å². The zero-order chi connectivity index (χ0) is 16.4. The van der Waals surface area contributed by atoms with E-state index < -0.39 is 5.97 Å². The fraction of sp³-hybridized carbons (Fsp3) is 0.667. The summed E-state index contributed by atoms with van der Waals surface area (Å²) in [6.45, 7) is 2.62. The molecule has 2 fully saturated rings. The van der Waals surface area contributed by atoms with Crippen molar-refractivity contribution >= 4 is 11.9 Å². The molecule has 0 bridgehead atoms. The molecule has 5 nitrogen and oxygen atoms in total. The van der Waals surface area contributed by atoms with E-state index in [2.05, 4.69) is 0 Å². The molecule has 1 N–H and O–H groups in total. The predicted octanol–water partition coefficient (Wildman–Crippen LogP) is 3.73. The Morgan fingerprint density at radius 3 is 2.43 bits per heavy atom. The van der Waals surface area contributed by atoms with Gasteiger partial charge in [0.1, 0.15) is 11.3 Å². The van der Waals surface area contributed by atoms with Gasteiger partial charge in [0.05, 0.1) is 0 Å². The van der Waals surface area contributed by atoms with Gasteiger partial charge in [-0.1, -0.05) is 26.2 Å². The molecule has 2 saturated carbocycles. The Bertz CT molecular complexity index is 582. The molecule has 1 aromatic heterocycles. The molecule has 126 valence electrons. The van der Waals surface area contributed by atoms with Gasteiger partial charge < -0.3 is 14.4 Å². The van der Waals surface area contributed by atoms with Crippen molar-refractivity contribution in [1.29, 1.82) is 0 Å². The van der Waals surface area contributed by atoms with Gasteiger partial charge >= 0.3 is 5.97 Å². The number of furan rings is 1. The normalized spacial score (nSPS) is 18.8. The third kappa shape index (κ3) is 3.59. The maximum atomic E-state index is 13.0. The largest absolute Gasteiger partial charge is 0.478 e. The van der Waals surface area contributed by atoms with Crippen molar-refractivity contribution in [2.45, 2.75) is 64.3 Å². The highest BCUT2D eigenvalue weighted by Crippen LogP contribution is 2.33. The van der Waals surface area contributed by atoms with Crippen molar-refractivity contribution in [1.82, 2.24) is 4.90 Å². The number of carbonyl (C=O) groups is 2. The molecule has 0 unspecified atom stereocenters. The van der Waals surface area contributed by atoms with Crippen LogP contribution in [0.3, 0.4) is 0 Å². The molecule has 0 radical (unpaired) electrons. The van der Waals surface area contributed by atoms with Gasteiger partial charge in [0.2, 0.25) is 0 Å². The van der Waals surface area contributed by atoms with Crippen LogP contribution in [0.1, 0.15) is 78.5 Å². The number of amides is 1. The van der Waals surface area contributed by atoms with Crippen molar-refractivity contribution in [3.63, 3.8) is 0 Å². The molecule has 0 aliphatic heterocycles. The lowest BCUT2D eigenvalue weighted by atomic mass is 9.93. The highest BCUT2D eigenvalue weighted by atomic mass is 16.4. The molecule has 23 heavy (non-hydrogen) atoms. The lowest BCUT2D eigenvalue weighted by molar-refractivity contribution is 0.0587. The molecular formula is C18H25NO4. The van der Waals surface area contributed by atoms with Gasteiger partial charge in [-0.25, -0.2) is 4.79 Å². The first-order chi connectivity index (χ1) is 11.1. The summed E-state index contributed by atoms with van der Waals surface area (Å²) in [4.78, 5) is 26.2. The first-order valence-electron chi connectivity index (χ1n) is 8.77. The Labute approximate surface area is 136 Å². The van der Waals surface area contributed by atoms with Gasteiger partial charge in [-0.05, 0) is 31.6 Å². The van der Waals surface area contributed by atoms with Gasteiger partial charge in [0.25, 0.3) is 5.91 Å². The molecule has 1 heterocycles. The van der Waals surface area contributed by atoms with E-state index in [0.717, 1.165) is 32.2 Å². The average molecular weight is 319 g/mol. The number of carbonyl (C=O) groups excluding carboxylic acids is 1. The van der Waals surface area contributed by atoms with Crippen molar-refractivity contribution in [2.75, 3.05) is 6.54 Å². The minimum absolute atomic E-state index is 0.117. The number of carboxylic acids is 1. The summed E-state index contributed by atoms with van der Waals surface area (Å²) >= 11 is 0. The molecular weight excluding hydrogens is 294 g/mol. The van der Waals surface area contributed by atoms with E-state index in [9.17, 15) is 14.7 Å². The Kier molecular flexibility index (Phi) is 4.74. The molecule has 1 aromatic rings. The van der Waals surface area contributed by atoms with E-state index >= 15 is 0 Å². The highest BCUT2D eigenvalue weighted by Gasteiger charge is 2.34. The van der Waals surface area contributed by atoms with Gasteiger partial charge in [-0.15, -0.1) is 0 Å². The number of nitrogens with zero attached hydrogens (tertiary/aromatic N) is 1. The molecule has 2 aliphatic carbocycles. The first kappa shape index (κ1) is 16.1. The first-order valence-corrected chi connectivity index (χ1v) is 8.77. The fourth-order valence-corrected chi connectivity index (χ4v) is 3.49. The van der Waals surface area contributed by atoms with Crippen molar-refractivity contribution in [3.8, 4) is 0 Å². The molecule has 0 spiro atoms. The fourth-order valence-electron chi connectivity index (χ4n) is 3.49. The monoisotopic (exact) mass is 319 g/mol. The molecule has 0 atom stereocenters. The van der Waals surface area contributed by atoms with Crippen molar-refractivity contribution < 1.29 is 19.1 Å². The van der Waals surface area contributed by atoms with Crippen LogP contribution in [-0.4, -0.2) is 34.5 Å². The lowest BCUT2D eigenvalue weighted by Crippen LogP contribution is -2.42. The van der Waals surface area contributed by atoms with E-state index in [-0.39, 0.29) is 23.3 Å². The second kappa shape index (κ2) is 6.77. The predicted molar refractivity (Wildman–Crippen MR) is 85.7 cm³/mol. The summed E-state index contributed by atoms with van der Waals surface area (Å²) in [6, 6.07) is 1.69. The number of aromatic carboxylic acids is 1. The van der Waals surface area contributed by atoms with Crippen LogP contribution in [-0.2, 0) is 6.42 Å². The zero-order valence-corrected chi connectivity index (χ0v) is 13.7. The molecule has 2 aliphatic rings. The van der Waals surface area contributed by atoms with Crippen LogP contribution in [0.15, 0.2) is 10.5 Å². The Balaban J connectivity index is 1.83. The van der Waals surface area contributed by atoms with Crippen molar-refractivity contribution in [2.24, 2.45) is 5.92 Å². The Morgan fingerprint density at radius 1 is 1.22 bits per heavy atom. The van der Waals surface area contributed by atoms with Crippen LogP contribution in [0.5, 0.6) is 0 Å². The van der Waals surface area contributed by atoms with E-state index in [1.165, 1.54) is 25.3 Å². The third-order valence-corrected chi connectivity index (χ3v) is 5.00. The van der Waals surface area contributed by atoms with Crippen LogP contribution in [0.25, 0.3) is 0 Å². The highest BCUT2D eigenvalue weighted by molar-refractivity contribution is 5.96. The topological polar surface area (TPSA) is 70.8 Å². The second-order valence-corrected chi connectivity index (χ2v) is 6.80. The SMILES string of the molecule is CCc1oc(C(=O)N(CC2CC2)C2CCCCC2)cc1C(=O)O. The summed E-state index contributed by atoms with van der Waals surface area (Å²) in [6.07, 6.45) is 8.52. The third-order valence-electron chi connectivity index (χ3n) is 5.00. The van der Waals surface area contributed by atoms with E-state index in [1.807, 2.05) is 11.8 Å². The zero-order valence-electron chi connectivity index (χ0n) is 13.7. The summed E-state index contributed by atoms with van der Waals surface area (Å²) in [7, 11) is 0. The summed E-state index contributed by atoms with van der Waals surface area (Å²) in [5.74, 6) is 0.0174. The van der Waals surface area contributed by atoms with Crippen LogP contribution >= 0.6 is 0 Å². The van der Waals surface area contributed by atoms with Crippen LogP contribution < -0.4 is 0 Å². The van der Waals surface area contributed by atoms with Gasteiger partial charge in [-0.2, -0.15) is 0 Å². The van der Waals surface area contributed by atoms with Crippen LogP contribution in [0, 0.1) is 5.92 Å². The van der Waals surface area contributed by atoms with Gasteiger partial charge in [0.15, 0.2) is 5.76 Å². The minimum atomic E-state index is -1.03. The maximum absolute atomic E-state index is 13.0. The molecule has 3 rings (SSSR count). The smallest absolute Gasteiger partial charge is 0.339 e. The van der Waals surface area contributed by atoms with E-state index in [0.29, 0.717) is 18.1 Å². The molecule has 0 saturated heterocycles.